The van der Waals surface area contributed by atoms with Gasteiger partial charge in [-0.25, -0.2) is 9.78 Å². The molecule has 5 rings (SSSR count). The number of amides is 1. The Morgan fingerprint density at radius 1 is 1.06 bits per heavy atom. The molecule has 0 fully saturated rings. The average Bonchev–Trinajstić information content (AvgIpc) is 3.53. The summed E-state index contributed by atoms with van der Waals surface area (Å²) in [6.07, 6.45) is 4.18. The van der Waals surface area contributed by atoms with Crippen molar-refractivity contribution in [2.45, 2.75) is 19.3 Å². The number of carbonyl (C=O) groups excluding carboxylic acids is 2. The van der Waals surface area contributed by atoms with Crippen LogP contribution in [0.4, 0.5) is 0 Å². The molecule has 2 aromatic heterocycles. The third kappa shape index (κ3) is 5.10. The van der Waals surface area contributed by atoms with Gasteiger partial charge in [0, 0.05) is 16.8 Å². The number of para-hydroxylation sites is 1. The van der Waals surface area contributed by atoms with Crippen molar-refractivity contribution < 1.29 is 19.4 Å². The van der Waals surface area contributed by atoms with Gasteiger partial charge in [-0.15, -0.1) is 11.3 Å². The van der Waals surface area contributed by atoms with Gasteiger partial charge in [0.1, 0.15) is 5.75 Å². The van der Waals surface area contributed by atoms with Crippen LogP contribution in [0.2, 0.25) is 0 Å². The first-order chi connectivity index (χ1) is 17.1. The minimum atomic E-state index is -0.515. The summed E-state index contributed by atoms with van der Waals surface area (Å²) in [5, 5.41) is 15.1. The van der Waals surface area contributed by atoms with Gasteiger partial charge in [0.15, 0.2) is 6.61 Å². The number of allylic oxidation sites excluding steroid dienone is 1. The van der Waals surface area contributed by atoms with Crippen LogP contribution in [0, 0.1) is 0 Å². The molecule has 0 bridgehead atoms. The Morgan fingerprint density at radius 3 is 2.69 bits per heavy atom. The van der Waals surface area contributed by atoms with Crippen LogP contribution in [0.15, 0.2) is 66.0 Å². The molecule has 0 atom stereocenters. The van der Waals surface area contributed by atoms with Gasteiger partial charge in [-0.2, -0.15) is 0 Å². The van der Waals surface area contributed by atoms with Crippen LogP contribution in [0.5, 0.6) is 5.75 Å². The van der Waals surface area contributed by atoms with Crippen LogP contribution >= 0.6 is 11.3 Å². The summed E-state index contributed by atoms with van der Waals surface area (Å²) < 4.78 is 5.45. The number of carbonyl (C=O) groups is 2. The number of ether oxygens (including phenoxy) is 1. The number of thiophene rings is 1. The number of nitrogens with one attached hydrogen (secondary N) is 1. The fourth-order valence-electron chi connectivity index (χ4n) is 4.32. The monoisotopic (exact) mass is 484 g/mol. The minimum Gasteiger partial charge on any atom is -0.508 e. The second-order valence-corrected chi connectivity index (χ2v) is 9.38. The molecule has 6 nitrogen and oxygen atoms in total. The molecule has 0 radical (unpaired) electrons. The van der Waals surface area contributed by atoms with E-state index >= 15 is 0 Å². The Balaban J connectivity index is 1.36. The zero-order chi connectivity index (χ0) is 24.2. The first-order valence-corrected chi connectivity index (χ1v) is 12.3. The number of hydrogen-bond acceptors (Lipinski definition) is 6. The van der Waals surface area contributed by atoms with Crippen LogP contribution < -0.4 is 5.32 Å². The van der Waals surface area contributed by atoms with Gasteiger partial charge in [-0.1, -0.05) is 36.4 Å². The zero-order valence-corrected chi connectivity index (χ0v) is 19.8. The highest BCUT2D eigenvalue weighted by molar-refractivity contribution is 7.09. The third-order valence-corrected chi connectivity index (χ3v) is 6.92. The van der Waals surface area contributed by atoms with E-state index in [1.54, 1.807) is 23.5 Å². The number of nitrogens with zero attached hydrogens (tertiary/aromatic N) is 1. The van der Waals surface area contributed by atoms with Crippen molar-refractivity contribution in [3.05, 3.63) is 93.3 Å². The summed E-state index contributed by atoms with van der Waals surface area (Å²) in [5.74, 6) is -0.624. The number of aromatic hydroxyl groups is 1. The van der Waals surface area contributed by atoms with Crippen molar-refractivity contribution >= 4 is 45.8 Å². The Labute approximate surface area is 206 Å². The van der Waals surface area contributed by atoms with Crippen molar-refractivity contribution in [2.24, 2.45) is 0 Å². The lowest BCUT2D eigenvalue weighted by Crippen LogP contribution is -2.30. The van der Waals surface area contributed by atoms with Crippen molar-refractivity contribution in [3.8, 4) is 5.75 Å². The number of fused-ring (bicyclic) bond motifs is 2. The highest BCUT2D eigenvalue weighted by Crippen LogP contribution is 2.37. The lowest BCUT2D eigenvalue weighted by Gasteiger charge is -2.12. The number of phenolic OH excluding ortho intramolecular Hbond substituents is 1. The summed E-state index contributed by atoms with van der Waals surface area (Å²) in [6.45, 7) is 0.167. The standard InChI is InChI=1S/C28H24N2O4S/c31-20-10-7-18(8-11-20)16-19-9-12-23-26(22-5-1-2-6-24(22)30-27(19)23)28(33)34-17-25(32)29-14-13-21-4-3-15-35-21/h1-8,10-11,15-16,31H,9,12-14,17H2,(H,29,32)/b19-16+. The number of aromatic nitrogens is 1. The maximum Gasteiger partial charge on any atom is 0.339 e. The summed E-state index contributed by atoms with van der Waals surface area (Å²) in [5.41, 5.74) is 4.78. The summed E-state index contributed by atoms with van der Waals surface area (Å²) in [4.78, 5) is 31.5. The van der Waals surface area contributed by atoms with E-state index in [0.29, 0.717) is 24.0 Å². The molecule has 0 spiro atoms. The fourth-order valence-corrected chi connectivity index (χ4v) is 5.03. The lowest BCUT2D eigenvalue weighted by molar-refractivity contribution is -0.124. The van der Waals surface area contributed by atoms with E-state index < -0.39 is 5.97 Å². The molecule has 1 aliphatic carbocycles. The van der Waals surface area contributed by atoms with Crippen LogP contribution in [-0.2, 0) is 22.4 Å². The number of esters is 1. The molecule has 2 N–H and O–H groups in total. The first-order valence-electron chi connectivity index (χ1n) is 11.5. The molecule has 7 heteroatoms. The molecule has 2 heterocycles. The normalized spacial score (nSPS) is 13.7. The predicted octanol–water partition coefficient (Wildman–Crippen LogP) is 5.00. The highest BCUT2D eigenvalue weighted by atomic mass is 32.1. The average molecular weight is 485 g/mol. The predicted molar refractivity (Wildman–Crippen MR) is 137 cm³/mol. The number of hydrogen-bond donors (Lipinski definition) is 2. The van der Waals surface area contributed by atoms with Crippen molar-refractivity contribution in [3.63, 3.8) is 0 Å². The maximum absolute atomic E-state index is 13.2. The molecular weight excluding hydrogens is 460 g/mol. The van der Waals surface area contributed by atoms with E-state index in [1.807, 2.05) is 60.0 Å². The van der Waals surface area contributed by atoms with Gasteiger partial charge >= 0.3 is 5.97 Å². The van der Waals surface area contributed by atoms with E-state index in [0.717, 1.165) is 40.6 Å². The highest BCUT2D eigenvalue weighted by Gasteiger charge is 2.28. The van der Waals surface area contributed by atoms with Gasteiger partial charge in [-0.3, -0.25) is 4.79 Å². The number of rotatable bonds is 7. The molecule has 1 aliphatic rings. The van der Waals surface area contributed by atoms with Crippen LogP contribution in [0.1, 0.15) is 38.5 Å². The van der Waals surface area contributed by atoms with Crippen LogP contribution in [0.3, 0.4) is 0 Å². The van der Waals surface area contributed by atoms with E-state index in [1.165, 1.54) is 4.88 Å². The molecule has 35 heavy (non-hydrogen) atoms. The van der Waals surface area contributed by atoms with E-state index in [4.69, 9.17) is 9.72 Å². The van der Waals surface area contributed by atoms with E-state index in [9.17, 15) is 14.7 Å². The molecule has 0 unspecified atom stereocenters. The van der Waals surface area contributed by atoms with Gasteiger partial charge in [0.2, 0.25) is 0 Å². The number of pyridine rings is 1. The largest absolute Gasteiger partial charge is 0.508 e. The topological polar surface area (TPSA) is 88.5 Å². The quantitative estimate of drug-likeness (QED) is 0.360. The Bertz CT molecular complexity index is 1410. The van der Waals surface area contributed by atoms with Crippen LogP contribution in [0.25, 0.3) is 22.6 Å². The summed E-state index contributed by atoms with van der Waals surface area (Å²) >= 11 is 1.65. The molecule has 2 aromatic carbocycles. The lowest BCUT2D eigenvalue weighted by atomic mass is 10.0. The summed E-state index contributed by atoms with van der Waals surface area (Å²) in [7, 11) is 0. The number of phenols is 1. The van der Waals surface area contributed by atoms with Crippen molar-refractivity contribution in [1.29, 1.82) is 0 Å². The SMILES string of the molecule is O=C(COC(=O)c1c2c(nc3ccccc13)/C(=C/c1ccc(O)cc1)CC2)NCCc1cccs1. The summed E-state index contributed by atoms with van der Waals surface area (Å²) in [6, 6.07) is 18.5. The van der Waals surface area contributed by atoms with Crippen LogP contribution in [-0.4, -0.2) is 35.1 Å². The number of benzene rings is 2. The fraction of sp³-hybridized carbons (Fsp3) is 0.179. The van der Waals surface area contributed by atoms with E-state index in [2.05, 4.69) is 5.32 Å². The minimum absolute atomic E-state index is 0.212. The molecular formula is C28H24N2O4S. The van der Waals surface area contributed by atoms with Gasteiger partial charge in [-0.05, 0) is 71.7 Å². The second-order valence-electron chi connectivity index (χ2n) is 8.35. The molecule has 0 aliphatic heterocycles. The Morgan fingerprint density at radius 2 is 1.89 bits per heavy atom. The molecule has 1 amide bonds. The van der Waals surface area contributed by atoms with E-state index in [-0.39, 0.29) is 18.3 Å². The van der Waals surface area contributed by atoms with Crippen molar-refractivity contribution in [2.75, 3.05) is 13.2 Å². The zero-order valence-electron chi connectivity index (χ0n) is 19.0. The maximum atomic E-state index is 13.2. The smallest absolute Gasteiger partial charge is 0.339 e. The van der Waals surface area contributed by atoms with Gasteiger partial charge in [0.25, 0.3) is 5.91 Å². The third-order valence-electron chi connectivity index (χ3n) is 5.99. The first kappa shape index (κ1) is 22.8. The molecule has 4 aromatic rings. The van der Waals surface area contributed by atoms with Gasteiger partial charge in [0.05, 0.1) is 16.8 Å². The van der Waals surface area contributed by atoms with Gasteiger partial charge < -0.3 is 15.2 Å². The second kappa shape index (κ2) is 10.1. The molecule has 0 saturated heterocycles. The molecule has 176 valence electrons. The molecule has 0 saturated carbocycles. The van der Waals surface area contributed by atoms with Crippen molar-refractivity contribution in [1.82, 2.24) is 10.3 Å². The Kier molecular flexibility index (Phi) is 6.59. The Hall–Kier alpha value is -3.97.